The van der Waals surface area contributed by atoms with Crippen LogP contribution in [0.1, 0.15) is 44.1 Å². The number of hydrogen-bond acceptors (Lipinski definition) is 2. The van der Waals surface area contributed by atoms with Crippen molar-refractivity contribution in [2.75, 3.05) is 5.75 Å². The van der Waals surface area contributed by atoms with E-state index < -0.39 is 0 Å². The first-order valence-electron chi connectivity index (χ1n) is 6.85. The molecule has 3 rings (SSSR count). The Morgan fingerprint density at radius 1 is 1.44 bits per heavy atom. The van der Waals surface area contributed by atoms with Gasteiger partial charge in [0, 0.05) is 10.6 Å². The zero-order chi connectivity index (χ0) is 12.6. The van der Waals surface area contributed by atoms with Gasteiger partial charge in [0.05, 0.1) is 11.5 Å². The normalized spacial score (nSPS) is 34.2. The summed E-state index contributed by atoms with van der Waals surface area (Å²) in [5, 5.41) is 9.59. The van der Waals surface area contributed by atoms with Gasteiger partial charge in [0.1, 0.15) is 0 Å². The van der Waals surface area contributed by atoms with Gasteiger partial charge in [-0.2, -0.15) is 5.26 Å². The summed E-state index contributed by atoms with van der Waals surface area (Å²) in [7, 11) is 0. The molecule has 1 aliphatic heterocycles. The van der Waals surface area contributed by atoms with Gasteiger partial charge in [-0.15, -0.1) is 11.8 Å². The highest BCUT2D eigenvalue weighted by atomic mass is 32.2. The molecule has 0 N–H and O–H groups in total. The molecule has 18 heavy (non-hydrogen) atoms. The van der Waals surface area contributed by atoms with E-state index in [1.165, 1.54) is 16.9 Å². The maximum atomic E-state index is 9.59. The fourth-order valence-electron chi connectivity index (χ4n) is 3.60. The monoisotopic (exact) mass is 257 g/mol. The van der Waals surface area contributed by atoms with E-state index in [-0.39, 0.29) is 5.41 Å². The van der Waals surface area contributed by atoms with Crippen molar-refractivity contribution in [3.05, 3.63) is 29.8 Å². The smallest absolute Gasteiger partial charge is 0.0690 e. The Labute approximate surface area is 114 Å². The Balaban J connectivity index is 1.80. The molecule has 0 bridgehead atoms. The average molecular weight is 257 g/mol. The van der Waals surface area contributed by atoms with Crippen molar-refractivity contribution in [3.8, 4) is 6.07 Å². The Hall–Kier alpha value is -0.940. The minimum atomic E-state index is -0.0396. The molecule has 1 aliphatic carbocycles. The van der Waals surface area contributed by atoms with Crippen LogP contribution in [-0.2, 0) is 0 Å². The molecule has 3 atom stereocenters. The van der Waals surface area contributed by atoms with Crippen LogP contribution in [0.4, 0.5) is 0 Å². The van der Waals surface area contributed by atoms with Crippen molar-refractivity contribution in [2.24, 2.45) is 11.3 Å². The molecule has 2 heteroatoms. The predicted molar refractivity (Wildman–Crippen MR) is 75.6 cm³/mol. The fourth-order valence-corrected chi connectivity index (χ4v) is 4.85. The van der Waals surface area contributed by atoms with Crippen LogP contribution in [0.15, 0.2) is 29.2 Å². The van der Waals surface area contributed by atoms with E-state index in [0.29, 0.717) is 5.92 Å². The van der Waals surface area contributed by atoms with Gasteiger partial charge in [0.15, 0.2) is 0 Å². The van der Waals surface area contributed by atoms with Gasteiger partial charge >= 0.3 is 0 Å². The summed E-state index contributed by atoms with van der Waals surface area (Å²) in [4.78, 5) is 1.43. The number of fused-ring (bicyclic) bond motifs is 1. The molecule has 0 saturated heterocycles. The second-order valence-electron chi connectivity index (χ2n) is 5.99. The van der Waals surface area contributed by atoms with Gasteiger partial charge in [-0.3, -0.25) is 0 Å². The standard InChI is InChI=1S/C16H19NS/c1-12-6-7-16(8-12,11-17)9-13-10-18-15-5-3-2-4-14(13)15/h2-5,12-13H,6-10H2,1H3. The lowest BCUT2D eigenvalue weighted by molar-refractivity contribution is 0.340. The molecule has 1 nitrogen and oxygen atoms in total. The quantitative estimate of drug-likeness (QED) is 0.773. The number of hydrogen-bond donors (Lipinski definition) is 0. The topological polar surface area (TPSA) is 23.8 Å². The van der Waals surface area contributed by atoms with Crippen LogP contribution in [-0.4, -0.2) is 5.75 Å². The molecule has 2 aliphatic rings. The second-order valence-corrected chi connectivity index (χ2v) is 7.05. The molecule has 0 amide bonds. The summed E-state index contributed by atoms with van der Waals surface area (Å²) < 4.78 is 0. The first kappa shape index (κ1) is 12.1. The zero-order valence-electron chi connectivity index (χ0n) is 10.9. The summed E-state index contributed by atoms with van der Waals surface area (Å²) in [6, 6.07) is 11.4. The second kappa shape index (κ2) is 4.63. The zero-order valence-corrected chi connectivity index (χ0v) is 11.7. The van der Waals surface area contributed by atoms with E-state index in [1.807, 2.05) is 11.8 Å². The van der Waals surface area contributed by atoms with Crippen molar-refractivity contribution >= 4 is 11.8 Å². The average Bonchev–Trinajstić information content (AvgIpc) is 2.96. The lowest BCUT2D eigenvalue weighted by Crippen LogP contribution is -2.18. The number of nitriles is 1. The number of benzene rings is 1. The highest BCUT2D eigenvalue weighted by molar-refractivity contribution is 7.99. The Morgan fingerprint density at radius 3 is 3.00 bits per heavy atom. The largest absolute Gasteiger partial charge is 0.198 e. The SMILES string of the molecule is CC1CCC(C#N)(CC2CSc3ccccc32)C1. The van der Waals surface area contributed by atoms with Crippen LogP contribution in [0.5, 0.6) is 0 Å². The number of rotatable bonds is 2. The fraction of sp³-hybridized carbons (Fsp3) is 0.562. The van der Waals surface area contributed by atoms with Crippen LogP contribution in [0.3, 0.4) is 0 Å². The maximum Gasteiger partial charge on any atom is 0.0690 e. The van der Waals surface area contributed by atoms with Crippen LogP contribution < -0.4 is 0 Å². The van der Waals surface area contributed by atoms with Gasteiger partial charge in [0.2, 0.25) is 0 Å². The predicted octanol–water partition coefficient (Wildman–Crippen LogP) is 4.60. The third-order valence-corrected chi connectivity index (χ3v) is 5.78. The first-order chi connectivity index (χ1) is 8.72. The summed E-state index contributed by atoms with van der Waals surface area (Å²) in [6.45, 7) is 2.29. The minimum Gasteiger partial charge on any atom is -0.198 e. The molecular formula is C16H19NS. The van der Waals surface area contributed by atoms with Crippen molar-refractivity contribution in [1.29, 1.82) is 5.26 Å². The molecule has 3 unspecified atom stereocenters. The van der Waals surface area contributed by atoms with E-state index in [4.69, 9.17) is 0 Å². The number of nitrogens with zero attached hydrogens (tertiary/aromatic N) is 1. The van der Waals surface area contributed by atoms with Crippen molar-refractivity contribution in [2.45, 2.75) is 43.4 Å². The molecule has 0 spiro atoms. The minimum absolute atomic E-state index is 0.0396. The highest BCUT2D eigenvalue weighted by Gasteiger charge is 2.41. The van der Waals surface area contributed by atoms with Crippen molar-refractivity contribution in [3.63, 3.8) is 0 Å². The molecule has 1 saturated carbocycles. The Morgan fingerprint density at radius 2 is 2.28 bits per heavy atom. The Bertz CT molecular complexity index is 490. The van der Waals surface area contributed by atoms with Crippen LogP contribution in [0, 0.1) is 22.7 Å². The third kappa shape index (κ3) is 2.06. The van der Waals surface area contributed by atoms with Gasteiger partial charge in [0.25, 0.3) is 0 Å². The Kier molecular flexibility index (Phi) is 3.11. The maximum absolute atomic E-state index is 9.59. The molecule has 1 fully saturated rings. The van der Waals surface area contributed by atoms with E-state index in [9.17, 15) is 5.26 Å². The molecule has 94 valence electrons. The first-order valence-corrected chi connectivity index (χ1v) is 7.84. The molecule has 1 aromatic carbocycles. The van der Waals surface area contributed by atoms with E-state index >= 15 is 0 Å². The number of thioether (sulfide) groups is 1. The van der Waals surface area contributed by atoms with Gasteiger partial charge in [-0.05, 0) is 49.1 Å². The van der Waals surface area contributed by atoms with E-state index in [0.717, 1.165) is 30.9 Å². The van der Waals surface area contributed by atoms with Gasteiger partial charge in [-0.1, -0.05) is 25.1 Å². The van der Waals surface area contributed by atoms with Gasteiger partial charge < -0.3 is 0 Å². The summed E-state index contributed by atoms with van der Waals surface area (Å²) in [6.07, 6.45) is 4.51. The molecule has 1 aromatic rings. The molecule has 1 heterocycles. The van der Waals surface area contributed by atoms with Crippen LogP contribution in [0.25, 0.3) is 0 Å². The lowest BCUT2D eigenvalue weighted by atomic mass is 9.77. The lowest BCUT2D eigenvalue weighted by Gasteiger charge is -2.24. The summed E-state index contributed by atoms with van der Waals surface area (Å²) in [5.74, 6) is 2.49. The van der Waals surface area contributed by atoms with Crippen LogP contribution >= 0.6 is 11.8 Å². The van der Waals surface area contributed by atoms with Crippen molar-refractivity contribution in [1.82, 2.24) is 0 Å². The van der Waals surface area contributed by atoms with Gasteiger partial charge in [-0.25, -0.2) is 0 Å². The molecular weight excluding hydrogens is 238 g/mol. The molecule has 0 radical (unpaired) electrons. The molecule has 0 aromatic heterocycles. The summed E-state index contributed by atoms with van der Waals surface area (Å²) in [5.41, 5.74) is 1.44. The van der Waals surface area contributed by atoms with Crippen LogP contribution in [0.2, 0.25) is 0 Å². The van der Waals surface area contributed by atoms with E-state index in [2.05, 4.69) is 37.3 Å². The highest BCUT2D eigenvalue weighted by Crippen LogP contribution is 2.51. The third-order valence-electron chi connectivity index (χ3n) is 4.53. The van der Waals surface area contributed by atoms with E-state index in [1.54, 1.807) is 0 Å². The van der Waals surface area contributed by atoms with Crippen molar-refractivity contribution < 1.29 is 0 Å². The summed E-state index contributed by atoms with van der Waals surface area (Å²) >= 11 is 1.96.